The summed E-state index contributed by atoms with van der Waals surface area (Å²) in [6, 6.07) is 12.9. The minimum Gasteiger partial charge on any atom is -0.264 e. The minimum absolute atomic E-state index is 0.0246. The van der Waals surface area contributed by atoms with Gasteiger partial charge in [0.25, 0.3) is 16.0 Å². The monoisotopic (exact) mass is 341 g/mol. The molecule has 0 saturated heterocycles. The van der Waals surface area contributed by atoms with E-state index in [4.69, 9.17) is 0 Å². The second-order valence-electron chi connectivity index (χ2n) is 4.99. The van der Waals surface area contributed by atoms with Gasteiger partial charge in [-0.25, -0.2) is 17.8 Å². The first-order valence-electron chi connectivity index (χ1n) is 7.15. The predicted molar refractivity (Wildman–Crippen MR) is 91.4 cm³/mol. The van der Waals surface area contributed by atoms with Crippen LogP contribution in [0.1, 0.15) is 11.1 Å². The molecule has 8 heteroatoms. The van der Waals surface area contributed by atoms with E-state index in [1.165, 1.54) is 17.1 Å². The second-order valence-corrected chi connectivity index (χ2v) is 6.55. The van der Waals surface area contributed by atoms with E-state index in [1.54, 1.807) is 12.4 Å². The third-order valence-corrected chi connectivity index (χ3v) is 4.04. The molecule has 0 unspecified atom stereocenters. The third kappa shape index (κ3) is 4.50. The van der Waals surface area contributed by atoms with Gasteiger partial charge in [-0.15, -0.1) is 5.10 Å². The van der Waals surface area contributed by atoms with Crippen LogP contribution in [0.15, 0.2) is 66.6 Å². The second kappa shape index (κ2) is 7.05. The van der Waals surface area contributed by atoms with Crippen molar-refractivity contribution in [1.29, 1.82) is 0 Å². The van der Waals surface area contributed by atoms with Crippen LogP contribution < -0.4 is 4.72 Å². The number of anilines is 1. The highest BCUT2D eigenvalue weighted by Gasteiger charge is 2.09. The van der Waals surface area contributed by atoms with Crippen LogP contribution in [0.5, 0.6) is 0 Å². The number of benzene rings is 1. The molecule has 0 aliphatic rings. The van der Waals surface area contributed by atoms with Gasteiger partial charge in [0.1, 0.15) is 6.33 Å². The zero-order valence-corrected chi connectivity index (χ0v) is 13.5. The molecule has 0 spiro atoms. The molecule has 1 N–H and O–H groups in total. The highest BCUT2D eigenvalue weighted by Crippen LogP contribution is 2.07. The number of pyridine rings is 1. The molecule has 0 aliphatic carbocycles. The molecular weight excluding hydrogens is 326 g/mol. The Labute approximate surface area is 139 Å². The molecule has 3 aromatic rings. The summed E-state index contributed by atoms with van der Waals surface area (Å²) in [5.74, 6) is 0.0246. The van der Waals surface area contributed by atoms with Crippen molar-refractivity contribution in [2.45, 2.75) is 6.54 Å². The highest BCUT2D eigenvalue weighted by atomic mass is 32.2. The molecule has 122 valence electrons. The van der Waals surface area contributed by atoms with Crippen LogP contribution >= 0.6 is 0 Å². The van der Waals surface area contributed by atoms with E-state index in [-0.39, 0.29) is 5.95 Å². The molecule has 2 heterocycles. The SMILES string of the molecule is O=S(=O)(/C=C\c1ccccc1)Nc1ncn(Cc2cccnc2)n1. The average Bonchev–Trinajstić information content (AvgIpc) is 3.01. The molecule has 2 aromatic heterocycles. The molecule has 0 radical (unpaired) electrons. The van der Waals surface area contributed by atoms with Gasteiger partial charge in [0.05, 0.1) is 12.0 Å². The molecule has 0 atom stereocenters. The smallest absolute Gasteiger partial charge is 0.257 e. The number of rotatable bonds is 6. The van der Waals surface area contributed by atoms with Gasteiger partial charge in [-0.05, 0) is 23.3 Å². The van der Waals surface area contributed by atoms with Crippen LogP contribution in [0.3, 0.4) is 0 Å². The van der Waals surface area contributed by atoms with Crippen molar-refractivity contribution in [2.24, 2.45) is 0 Å². The molecule has 1 aromatic carbocycles. The van der Waals surface area contributed by atoms with Gasteiger partial charge in [-0.2, -0.15) is 4.98 Å². The Kier molecular flexibility index (Phi) is 4.66. The van der Waals surface area contributed by atoms with Crippen molar-refractivity contribution in [2.75, 3.05) is 4.72 Å². The molecule has 0 fully saturated rings. The topological polar surface area (TPSA) is 89.8 Å². The van der Waals surface area contributed by atoms with Crippen LogP contribution in [-0.2, 0) is 16.6 Å². The molecule has 0 saturated carbocycles. The fourth-order valence-electron chi connectivity index (χ4n) is 1.99. The van der Waals surface area contributed by atoms with E-state index < -0.39 is 10.0 Å². The Morgan fingerprint density at radius 2 is 1.96 bits per heavy atom. The number of nitrogens with one attached hydrogen (secondary N) is 1. The van der Waals surface area contributed by atoms with Gasteiger partial charge in [0, 0.05) is 12.4 Å². The van der Waals surface area contributed by atoms with E-state index in [0.717, 1.165) is 16.5 Å². The summed E-state index contributed by atoms with van der Waals surface area (Å²) >= 11 is 0. The zero-order chi connectivity index (χ0) is 16.8. The van der Waals surface area contributed by atoms with E-state index in [1.807, 2.05) is 42.5 Å². The Hall–Kier alpha value is -3.00. The van der Waals surface area contributed by atoms with Gasteiger partial charge >= 0.3 is 0 Å². The maximum Gasteiger partial charge on any atom is 0.257 e. The quantitative estimate of drug-likeness (QED) is 0.742. The molecule has 0 bridgehead atoms. The summed E-state index contributed by atoms with van der Waals surface area (Å²) in [6.07, 6.45) is 6.37. The van der Waals surface area contributed by atoms with E-state index >= 15 is 0 Å². The largest absolute Gasteiger partial charge is 0.264 e. The maximum absolute atomic E-state index is 12.0. The first kappa shape index (κ1) is 15.9. The average molecular weight is 341 g/mol. The highest BCUT2D eigenvalue weighted by molar-refractivity contribution is 7.95. The van der Waals surface area contributed by atoms with Gasteiger partial charge in [-0.3, -0.25) is 4.98 Å². The third-order valence-electron chi connectivity index (χ3n) is 3.08. The van der Waals surface area contributed by atoms with E-state index in [9.17, 15) is 8.42 Å². The fraction of sp³-hybridized carbons (Fsp3) is 0.0625. The maximum atomic E-state index is 12.0. The first-order chi connectivity index (χ1) is 11.6. The number of hydrogen-bond donors (Lipinski definition) is 1. The summed E-state index contributed by atoms with van der Waals surface area (Å²) in [7, 11) is -3.67. The standard InChI is InChI=1S/C16H15N5O2S/c22-24(23,10-8-14-5-2-1-3-6-14)20-16-18-13-21(19-16)12-15-7-4-9-17-11-15/h1-11,13H,12H2,(H,19,20)/b10-8-. The first-order valence-corrected chi connectivity index (χ1v) is 8.70. The summed E-state index contributed by atoms with van der Waals surface area (Å²) in [5, 5.41) is 5.19. The summed E-state index contributed by atoms with van der Waals surface area (Å²) in [5.41, 5.74) is 1.73. The Bertz CT molecular complexity index is 921. The minimum atomic E-state index is -3.67. The summed E-state index contributed by atoms with van der Waals surface area (Å²) in [6.45, 7) is 0.461. The summed E-state index contributed by atoms with van der Waals surface area (Å²) < 4.78 is 27.9. The van der Waals surface area contributed by atoms with Crippen molar-refractivity contribution in [3.05, 3.63) is 77.7 Å². The van der Waals surface area contributed by atoms with Gasteiger partial charge in [0.2, 0.25) is 0 Å². The van der Waals surface area contributed by atoms with Gasteiger partial charge < -0.3 is 0 Å². The van der Waals surface area contributed by atoms with Crippen molar-refractivity contribution in [3.63, 3.8) is 0 Å². The number of sulfonamides is 1. The Morgan fingerprint density at radius 1 is 1.12 bits per heavy atom. The van der Waals surface area contributed by atoms with Gasteiger partial charge in [-0.1, -0.05) is 36.4 Å². The van der Waals surface area contributed by atoms with E-state index in [0.29, 0.717) is 6.54 Å². The van der Waals surface area contributed by atoms with Crippen molar-refractivity contribution < 1.29 is 8.42 Å². The van der Waals surface area contributed by atoms with Crippen molar-refractivity contribution in [3.8, 4) is 0 Å². The fourth-order valence-corrected chi connectivity index (χ4v) is 2.74. The van der Waals surface area contributed by atoms with Crippen LogP contribution in [0, 0.1) is 0 Å². The Balaban J connectivity index is 1.66. The Morgan fingerprint density at radius 3 is 2.71 bits per heavy atom. The number of nitrogens with zero attached hydrogens (tertiary/aromatic N) is 4. The predicted octanol–water partition coefficient (Wildman–Crippen LogP) is 2.13. The lowest BCUT2D eigenvalue weighted by atomic mass is 10.2. The lowest BCUT2D eigenvalue weighted by Gasteiger charge is -2.00. The number of aromatic nitrogens is 4. The molecule has 24 heavy (non-hydrogen) atoms. The van der Waals surface area contributed by atoms with Crippen LogP contribution in [-0.4, -0.2) is 28.2 Å². The van der Waals surface area contributed by atoms with Crippen molar-refractivity contribution >= 4 is 22.0 Å². The molecule has 0 aliphatic heterocycles. The van der Waals surface area contributed by atoms with Crippen LogP contribution in [0.4, 0.5) is 5.95 Å². The normalized spacial score (nSPS) is 11.7. The lowest BCUT2D eigenvalue weighted by Crippen LogP contribution is -2.11. The summed E-state index contributed by atoms with van der Waals surface area (Å²) in [4.78, 5) is 7.98. The van der Waals surface area contributed by atoms with Gasteiger partial charge in [0.15, 0.2) is 0 Å². The van der Waals surface area contributed by atoms with Crippen molar-refractivity contribution in [1.82, 2.24) is 19.7 Å². The molecule has 7 nitrogen and oxygen atoms in total. The molecule has 3 rings (SSSR count). The molecule has 0 amide bonds. The van der Waals surface area contributed by atoms with Crippen LogP contribution in [0.25, 0.3) is 6.08 Å². The lowest BCUT2D eigenvalue weighted by molar-refractivity contribution is 0.609. The number of hydrogen-bond acceptors (Lipinski definition) is 5. The molecular formula is C16H15N5O2S. The van der Waals surface area contributed by atoms with E-state index in [2.05, 4.69) is 19.8 Å². The zero-order valence-electron chi connectivity index (χ0n) is 12.6. The van der Waals surface area contributed by atoms with Crippen LogP contribution in [0.2, 0.25) is 0 Å².